The highest BCUT2D eigenvalue weighted by molar-refractivity contribution is 5.87. The summed E-state index contributed by atoms with van der Waals surface area (Å²) in [5, 5.41) is 11.7. The van der Waals surface area contributed by atoms with E-state index in [2.05, 4.69) is 0 Å². The summed E-state index contributed by atoms with van der Waals surface area (Å²) in [5.41, 5.74) is 1.67. The van der Waals surface area contributed by atoms with E-state index in [0.29, 0.717) is 29.0 Å². The van der Waals surface area contributed by atoms with Crippen LogP contribution in [0.25, 0.3) is 22.3 Å². The first-order chi connectivity index (χ1) is 15.8. The first-order valence-electron chi connectivity index (χ1n) is 10.5. The monoisotopic (exact) mass is 450 g/mol. The van der Waals surface area contributed by atoms with Crippen molar-refractivity contribution in [2.45, 2.75) is 38.2 Å². The van der Waals surface area contributed by atoms with E-state index in [0.717, 1.165) is 10.9 Å². The minimum absolute atomic E-state index is 0.0867. The van der Waals surface area contributed by atoms with Crippen molar-refractivity contribution in [3.8, 4) is 11.4 Å². The van der Waals surface area contributed by atoms with E-state index >= 15 is 0 Å². The number of carbonyl (C=O) groups is 2. The SMILES string of the molecule is CC[C@@]1(O)C(=O)OCc2c1cc1n(c2=O)Cc2cc3cc(C(OC)C(=O)OC)ccc3nc2-1. The Morgan fingerprint density at radius 2 is 2.06 bits per heavy atom. The Bertz CT molecular complexity index is 1390. The van der Waals surface area contributed by atoms with Gasteiger partial charge in [0.1, 0.15) is 6.61 Å². The minimum atomic E-state index is -1.86. The molecule has 2 aliphatic heterocycles. The number of pyridine rings is 2. The van der Waals surface area contributed by atoms with Gasteiger partial charge in [0.2, 0.25) is 0 Å². The van der Waals surface area contributed by atoms with Crippen molar-refractivity contribution in [3.63, 3.8) is 0 Å². The van der Waals surface area contributed by atoms with Crippen molar-refractivity contribution >= 4 is 22.8 Å². The molecule has 1 unspecified atom stereocenters. The number of hydrogen-bond donors (Lipinski definition) is 1. The standard InChI is InChI=1S/C24H22N2O7/c1-4-24(30)16-9-18-19-14(10-26(18)21(27)15(16)11-33-23(24)29)8-13-7-12(5-6-17(13)25-19)20(31-2)22(28)32-3/h5-9,20,30H,4,10-11H2,1-3H3/t20?,24-/m0/s1. The maximum atomic E-state index is 13.2. The predicted molar refractivity (Wildman–Crippen MR) is 116 cm³/mol. The van der Waals surface area contributed by atoms with E-state index in [1.807, 2.05) is 12.1 Å². The van der Waals surface area contributed by atoms with Crippen molar-refractivity contribution in [1.29, 1.82) is 0 Å². The number of ether oxygens (including phenoxy) is 3. The number of fused-ring (bicyclic) bond motifs is 5. The van der Waals surface area contributed by atoms with Gasteiger partial charge in [-0.15, -0.1) is 0 Å². The van der Waals surface area contributed by atoms with Gasteiger partial charge in [0.15, 0.2) is 11.7 Å². The third kappa shape index (κ3) is 3.00. The lowest BCUT2D eigenvalue weighted by Gasteiger charge is -2.31. The number of nitrogens with zero attached hydrogens (tertiary/aromatic N) is 2. The van der Waals surface area contributed by atoms with Crippen LogP contribution in [0.5, 0.6) is 0 Å². The Morgan fingerprint density at radius 3 is 2.76 bits per heavy atom. The van der Waals surface area contributed by atoms with E-state index in [4.69, 9.17) is 19.2 Å². The number of hydrogen-bond acceptors (Lipinski definition) is 8. The molecule has 2 atom stereocenters. The topological polar surface area (TPSA) is 117 Å². The third-order valence-corrected chi connectivity index (χ3v) is 6.49. The molecule has 1 N–H and O–H groups in total. The fourth-order valence-electron chi connectivity index (χ4n) is 4.64. The van der Waals surface area contributed by atoms with E-state index in [9.17, 15) is 19.5 Å². The fraction of sp³-hybridized carbons (Fsp3) is 0.333. The lowest BCUT2D eigenvalue weighted by Crippen LogP contribution is -2.44. The molecular formula is C24H22N2O7. The molecule has 0 fully saturated rings. The lowest BCUT2D eigenvalue weighted by atomic mass is 9.86. The zero-order chi connectivity index (χ0) is 23.5. The van der Waals surface area contributed by atoms with Crippen molar-refractivity contribution in [1.82, 2.24) is 9.55 Å². The zero-order valence-electron chi connectivity index (χ0n) is 18.4. The number of rotatable bonds is 4. The van der Waals surface area contributed by atoms with Crippen molar-refractivity contribution in [2.24, 2.45) is 0 Å². The quantitative estimate of drug-likeness (QED) is 0.469. The Hall–Kier alpha value is -3.56. The van der Waals surface area contributed by atoms with Crippen molar-refractivity contribution in [2.75, 3.05) is 14.2 Å². The summed E-state index contributed by atoms with van der Waals surface area (Å²) in [6.07, 6.45) is -0.771. The molecule has 4 heterocycles. The second-order valence-corrected chi connectivity index (χ2v) is 8.19. The van der Waals surface area contributed by atoms with E-state index in [1.165, 1.54) is 14.2 Å². The van der Waals surface area contributed by atoms with Crippen molar-refractivity contribution in [3.05, 3.63) is 62.9 Å². The van der Waals surface area contributed by atoms with Crippen LogP contribution >= 0.6 is 0 Å². The van der Waals surface area contributed by atoms with Gasteiger partial charge in [0.05, 0.1) is 36.1 Å². The molecule has 170 valence electrons. The van der Waals surface area contributed by atoms with E-state index < -0.39 is 23.6 Å². The molecule has 5 rings (SSSR count). The normalized spacial score (nSPS) is 19.5. The van der Waals surface area contributed by atoms with E-state index in [-0.39, 0.29) is 29.7 Å². The maximum Gasteiger partial charge on any atom is 0.343 e. The first-order valence-corrected chi connectivity index (χ1v) is 10.5. The maximum absolute atomic E-state index is 13.2. The van der Waals surface area contributed by atoms with Crippen LogP contribution in [-0.2, 0) is 42.6 Å². The van der Waals surface area contributed by atoms with Gasteiger partial charge in [0.25, 0.3) is 5.56 Å². The number of methoxy groups -OCH3 is 2. The van der Waals surface area contributed by atoms with Gasteiger partial charge in [-0.2, -0.15) is 0 Å². The highest BCUT2D eigenvalue weighted by atomic mass is 16.6. The summed E-state index contributed by atoms with van der Waals surface area (Å²) in [4.78, 5) is 42.3. The molecule has 2 aliphatic rings. The smallest absolute Gasteiger partial charge is 0.343 e. The van der Waals surface area contributed by atoms with Crippen LogP contribution < -0.4 is 5.56 Å². The Balaban J connectivity index is 1.66. The van der Waals surface area contributed by atoms with Crippen LogP contribution in [0.2, 0.25) is 0 Å². The van der Waals surface area contributed by atoms with Gasteiger partial charge in [-0.05, 0) is 36.2 Å². The molecule has 1 aromatic carbocycles. The summed E-state index contributed by atoms with van der Waals surface area (Å²) in [6, 6.07) is 8.93. The average Bonchev–Trinajstić information content (AvgIpc) is 3.18. The molecule has 0 bridgehead atoms. The second-order valence-electron chi connectivity index (χ2n) is 8.19. The number of carbonyl (C=O) groups excluding carboxylic acids is 2. The molecular weight excluding hydrogens is 428 g/mol. The molecule has 33 heavy (non-hydrogen) atoms. The number of aromatic nitrogens is 2. The van der Waals surface area contributed by atoms with Crippen LogP contribution in [-0.4, -0.2) is 40.8 Å². The Morgan fingerprint density at radius 1 is 1.27 bits per heavy atom. The molecule has 0 saturated heterocycles. The molecule has 9 nitrogen and oxygen atoms in total. The molecule has 9 heteroatoms. The lowest BCUT2D eigenvalue weighted by molar-refractivity contribution is -0.172. The summed E-state index contributed by atoms with van der Waals surface area (Å²) in [5.74, 6) is -1.26. The van der Waals surface area contributed by atoms with Gasteiger partial charge >= 0.3 is 11.9 Å². The summed E-state index contributed by atoms with van der Waals surface area (Å²) in [6.45, 7) is 1.80. The summed E-state index contributed by atoms with van der Waals surface area (Å²) < 4.78 is 16.8. The van der Waals surface area contributed by atoms with Gasteiger partial charge < -0.3 is 23.9 Å². The summed E-state index contributed by atoms with van der Waals surface area (Å²) in [7, 11) is 2.74. The minimum Gasteiger partial charge on any atom is -0.467 e. The average molecular weight is 450 g/mol. The predicted octanol–water partition coefficient (Wildman–Crippen LogP) is 1.94. The third-order valence-electron chi connectivity index (χ3n) is 6.49. The molecule has 0 aliphatic carbocycles. The Kier molecular flexibility index (Phi) is 4.84. The van der Waals surface area contributed by atoms with Crippen LogP contribution in [0.1, 0.15) is 41.7 Å². The summed E-state index contributed by atoms with van der Waals surface area (Å²) >= 11 is 0. The van der Waals surface area contributed by atoms with Gasteiger partial charge in [-0.25, -0.2) is 14.6 Å². The van der Waals surface area contributed by atoms with Crippen molar-refractivity contribution < 1.29 is 28.9 Å². The number of cyclic esters (lactones) is 1. The molecule has 0 amide bonds. The highest BCUT2D eigenvalue weighted by Crippen LogP contribution is 2.38. The molecule has 0 spiro atoms. The molecule has 0 radical (unpaired) electrons. The Labute approximate surface area is 188 Å². The van der Waals surface area contributed by atoms with Gasteiger partial charge in [0, 0.05) is 23.6 Å². The largest absolute Gasteiger partial charge is 0.467 e. The highest BCUT2D eigenvalue weighted by Gasteiger charge is 2.45. The fourth-order valence-corrected chi connectivity index (χ4v) is 4.64. The second kappa shape index (κ2) is 7.50. The molecule has 0 saturated carbocycles. The van der Waals surface area contributed by atoms with Gasteiger partial charge in [-0.1, -0.05) is 13.0 Å². The van der Waals surface area contributed by atoms with Crippen LogP contribution in [0.15, 0.2) is 35.1 Å². The van der Waals surface area contributed by atoms with Crippen LogP contribution in [0.4, 0.5) is 0 Å². The van der Waals surface area contributed by atoms with Crippen LogP contribution in [0, 0.1) is 0 Å². The number of benzene rings is 1. The number of aliphatic hydroxyl groups is 1. The van der Waals surface area contributed by atoms with E-state index in [1.54, 1.807) is 29.7 Å². The number of esters is 2. The van der Waals surface area contributed by atoms with Gasteiger partial charge in [-0.3, -0.25) is 4.79 Å². The molecule has 2 aromatic heterocycles. The molecule has 3 aromatic rings. The zero-order valence-corrected chi connectivity index (χ0v) is 18.4. The van der Waals surface area contributed by atoms with Crippen LogP contribution in [0.3, 0.4) is 0 Å². The first kappa shape index (κ1) is 21.3.